The summed E-state index contributed by atoms with van der Waals surface area (Å²) < 4.78 is 13.6. The molecule has 0 bridgehead atoms. The first-order chi connectivity index (χ1) is 13.2. The topological polar surface area (TPSA) is 52.8 Å². The van der Waals surface area contributed by atoms with Crippen molar-refractivity contribution in [1.82, 2.24) is 4.57 Å². The molecule has 5 nitrogen and oxygen atoms in total. The summed E-state index contributed by atoms with van der Waals surface area (Å²) in [6, 6.07) is 16.0. The number of carbonyl (C=O) groups excluding carboxylic acids is 1. The highest BCUT2D eigenvalue weighted by molar-refractivity contribution is 7.99. The fourth-order valence-electron chi connectivity index (χ4n) is 2.60. The quantitative estimate of drug-likeness (QED) is 0.535. The number of rotatable bonds is 8. The van der Waals surface area contributed by atoms with Gasteiger partial charge in [0.15, 0.2) is 4.80 Å². The molecule has 0 saturated heterocycles. The number of carbonyl (C=O) groups is 1. The molecule has 0 N–H and O–H groups in total. The van der Waals surface area contributed by atoms with Crippen LogP contribution in [0.4, 0.5) is 0 Å². The van der Waals surface area contributed by atoms with E-state index in [0.29, 0.717) is 30.1 Å². The van der Waals surface area contributed by atoms with Crippen molar-refractivity contribution in [3.8, 4) is 5.75 Å². The molecule has 0 atom stereocenters. The Balaban J connectivity index is 1.79. The zero-order valence-electron chi connectivity index (χ0n) is 15.4. The number of aromatic nitrogens is 1. The lowest BCUT2D eigenvalue weighted by Gasteiger charge is -2.05. The number of thiazole rings is 1. The molecule has 3 rings (SSSR count). The minimum absolute atomic E-state index is 0.108. The Hall–Kier alpha value is -2.09. The molecule has 3 aromatic rings. The van der Waals surface area contributed by atoms with Crippen LogP contribution in [0, 0.1) is 0 Å². The number of benzene rings is 2. The third-order valence-corrected chi connectivity index (χ3v) is 6.01. The zero-order valence-corrected chi connectivity index (χ0v) is 17.0. The Bertz CT molecular complexity index is 964. The van der Waals surface area contributed by atoms with E-state index in [-0.39, 0.29) is 5.91 Å². The van der Waals surface area contributed by atoms with Crippen molar-refractivity contribution in [1.29, 1.82) is 0 Å². The summed E-state index contributed by atoms with van der Waals surface area (Å²) in [5.74, 6) is 1.39. The lowest BCUT2D eigenvalue weighted by atomic mass is 10.3. The van der Waals surface area contributed by atoms with Gasteiger partial charge in [0.25, 0.3) is 0 Å². The molecule has 0 spiro atoms. The predicted octanol–water partition coefficient (Wildman–Crippen LogP) is 3.97. The van der Waals surface area contributed by atoms with Crippen molar-refractivity contribution in [2.75, 3.05) is 26.6 Å². The summed E-state index contributed by atoms with van der Waals surface area (Å²) in [4.78, 5) is 18.6. The summed E-state index contributed by atoms with van der Waals surface area (Å²) in [7, 11) is 3.31. The van der Waals surface area contributed by atoms with Crippen LogP contribution in [-0.2, 0) is 16.1 Å². The maximum Gasteiger partial charge on any atom is 0.249 e. The summed E-state index contributed by atoms with van der Waals surface area (Å²) in [5.41, 5.74) is 1.03. The second-order valence-electron chi connectivity index (χ2n) is 5.78. The van der Waals surface area contributed by atoms with Gasteiger partial charge in [-0.1, -0.05) is 29.5 Å². The van der Waals surface area contributed by atoms with Gasteiger partial charge < -0.3 is 14.0 Å². The van der Waals surface area contributed by atoms with Gasteiger partial charge in [-0.05, 0) is 30.3 Å². The zero-order chi connectivity index (χ0) is 19.1. The van der Waals surface area contributed by atoms with Crippen LogP contribution in [0.1, 0.15) is 6.42 Å². The van der Waals surface area contributed by atoms with E-state index in [0.717, 1.165) is 20.9 Å². The number of amides is 1. The molecule has 1 heterocycles. The fourth-order valence-corrected chi connectivity index (χ4v) is 4.56. The molecule has 0 aliphatic heterocycles. The Labute approximate surface area is 166 Å². The van der Waals surface area contributed by atoms with Gasteiger partial charge in [0.05, 0.1) is 23.9 Å². The number of hydrogen-bond donors (Lipinski definition) is 0. The van der Waals surface area contributed by atoms with Gasteiger partial charge in [-0.25, -0.2) is 0 Å². The van der Waals surface area contributed by atoms with E-state index in [2.05, 4.69) is 4.99 Å². The smallest absolute Gasteiger partial charge is 0.249 e. The molecule has 7 heteroatoms. The first-order valence-electron chi connectivity index (χ1n) is 8.63. The normalized spacial score (nSPS) is 11.9. The molecule has 0 fully saturated rings. The number of ether oxygens (including phenoxy) is 2. The Kier molecular flexibility index (Phi) is 7.09. The van der Waals surface area contributed by atoms with Crippen LogP contribution in [0.25, 0.3) is 10.2 Å². The van der Waals surface area contributed by atoms with Crippen LogP contribution in [0.5, 0.6) is 5.75 Å². The van der Waals surface area contributed by atoms with Gasteiger partial charge in [-0.15, -0.1) is 11.8 Å². The lowest BCUT2D eigenvalue weighted by Crippen LogP contribution is -2.19. The SMILES string of the molecule is COCCn1c(=NC(=O)CCSc2ccccc2)sc2cc(OC)ccc21. The fraction of sp³-hybridized carbons (Fsp3) is 0.300. The first-order valence-corrected chi connectivity index (χ1v) is 10.4. The van der Waals surface area contributed by atoms with E-state index < -0.39 is 0 Å². The largest absolute Gasteiger partial charge is 0.497 e. The third-order valence-electron chi connectivity index (χ3n) is 3.96. The average Bonchev–Trinajstić information content (AvgIpc) is 3.03. The molecular formula is C20H22N2O3S2. The van der Waals surface area contributed by atoms with Crippen LogP contribution in [-0.4, -0.2) is 37.1 Å². The highest BCUT2D eigenvalue weighted by Gasteiger charge is 2.09. The first kappa shape index (κ1) is 19.7. The Morgan fingerprint density at radius 2 is 2.00 bits per heavy atom. The van der Waals surface area contributed by atoms with Crippen molar-refractivity contribution < 1.29 is 14.3 Å². The maximum absolute atomic E-state index is 12.4. The molecule has 1 aromatic heterocycles. The van der Waals surface area contributed by atoms with E-state index in [1.807, 2.05) is 53.1 Å². The second kappa shape index (κ2) is 9.73. The van der Waals surface area contributed by atoms with Crippen molar-refractivity contribution in [3.63, 3.8) is 0 Å². The third kappa shape index (κ3) is 5.22. The van der Waals surface area contributed by atoms with E-state index in [1.165, 1.54) is 11.3 Å². The maximum atomic E-state index is 12.4. The van der Waals surface area contributed by atoms with Crippen molar-refractivity contribution in [2.24, 2.45) is 4.99 Å². The van der Waals surface area contributed by atoms with E-state index in [1.54, 1.807) is 26.0 Å². The van der Waals surface area contributed by atoms with Crippen LogP contribution in [0.15, 0.2) is 58.4 Å². The summed E-state index contributed by atoms with van der Waals surface area (Å²) >= 11 is 3.16. The molecule has 1 amide bonds. The molecule has 0 radical (unpaired) electrons. The molecule has 2 aromatic carbocycles. The highest BCUT2D eigenvalue weighted by Crippen LogP contribution is 2.23. The van der Waals surface area contributed by atoms with E-state index >= 15 is 0 Å². The van der Waals surface area contributed by atoms with Crippen LogP contribution < -0.4 is 9.54 Å². The van der Waals surface area contributed by atoms with Crippen LogP contribution in [0.2, 0.25) is 0 Å². The monoisotopic (exact) mass is 402 g/mol. The van der Waals surface area contributed by atoms with E-state index in [9.17, 15) is 4.79 Å². The van der Waals surface area contributed by atoms with Crippen LogP contribution in [0.3, 0.4) is 0 Å². The van der Waals surface area contributed by atoms with Gasteiger partial charge in [-0.3, -0.25) is 4.79 Å². The number of thioether (sulfide) groups is 1. The number of fused-ring (bicyclic) bond motifs is 1. The summed E-state index contributed by atoms with van der Waals surface area (Å²) in [5, 5.41) is 0. The minimum Gasteiger partial charge on any atom is -0.497 e. The molecule has 0 saturated carbocycles. The molecule has 0 aliphatic carbocycles. The Morgan fingerprint density at radius 1 is 1.19 bits per heavy atom. The predicted molar refractivity (Wildman–Crippen MR) is 111 cm³/mol. The van der Waals surface area contributed by atoms with Gasteiger partial charge in [0, 0.05) is 30.7 Å². The van der Waals surface area contributed by atoms with Gasteiger partial charge in [0.2, 0.25) is 5.91 Å². The standard InChI is InChI=1S/C20H22N2O3S2/c1-24-12-11-22-17-9-8-15(25-2)14-18(17)27-20(22)21-19(23)10-13-26-16-6-4-3-5-7-16/h3-9,14H,10-13H2,1-2H3. The lowest BCUT2D eigenvalue weighted by molar-refractivity contribution is -0.117. The molecule has 0 unspecified atom stereocenters. The minimum atomic E-state index is -0.108. The molecule has 0 aliphatic rings. The van der Waals surface area contributed by atoms with Crippen molar-refractivity contribution in [3.05, 3.63) is 53.3 Å². The Morgan fingerprint density at radius 3 is 2.74 bits per heavy atom. The average molecular weight is 403 g/mol. The molecule has 27 heavy (non-hydrogen) atoms. The van der Waals surface area contributed by atoms with Gasteiger partial charge in [-0.2, -0.15) is 4.99 Å². The van der Waals surface area contributed by atoms with Gasteiger partial charge >= 0.3 is 0 Å². The van der Waals surface area contributed by atoms with Crippen molar-refractivity contribution >= 4 is 39.2 Å². The van der Waals surface area contributed by atoms with Crippen LogP contribution >= 0.6 is 23.1 Å². The summed E-state index contributed by atoms with van der Waals surface area (Å²) in [6.45, 7) is 1.21. The number of nitrogens with zero attached hydrogens (tertiary/aromatic N) is 2. The number of hydrogen-bond acceptors (Lipinski definition) is 5. The molecule has 142 valence electrons. The summed E-state index contributed by atoms with van der Waals surface area (Å²) in [6.07, 6.45) is 0.404. The second-order valence-corrected chi connectivity index (χ2v) is 7.96. The highest BCUT2D eigenvalue weighted by atomic mass is 32.2. The van der Waals surface area contributed by atoms with E-state index in [4.69, 9.17) is 9.47 Å². The molecular weight excluding hydrogens is 380 g/mol. The number of methoxy groups -OCH3 is 2. The van der Waals surface area contributed by atoms with Crippen molar-refractivity contribution in [2.45, 2.75) is 17.9 Å². The van der Waals surface area contributed by atoms with Gasteiger partial charge in [0.1, 0.15) is 5.75 Å².